The average molecular weight is 542 g/mol. The molecule has 0 N–H and O–H groups in total. The van der Waals surface area contributed by atoms with Crippen LogP contribution in [0.2, 0.25) is 0 Å². The maximum absolute atomic E-state index is 12.9. The number of ether oxygens (including phenoxy) is 2. The standard InChI is InChI=1S/C27H35N5O5S/c1-27(2,3)37-26(34)32-19-10-11-20(32)15-31(14-19)23-21-12-13-30(16-22(21)28-24(29-23)38(4)35)25(33)36-17-18-8-6-5-7-9-18/h5-9,19-20H,10-17H2,1-4H3/t19-,20+,38?. The van der Waals surface area contributed by atoms with Crippen molar-refractivity contribution < 1.29 is 23.6 Å². The first-order valence-corrected chi connectivity index (χ1v) is 14.6. The number of piperazine rings is 1. The van der Waals surface area contributed by atoms with Gasteiger partial charge in [0.25, 0.3) is 0 Å². The fraction of sp³-hybridized carbons (Fsp3) is 0.556. The SMILES string of the molecule is C[S+]([O-])c1nc2c(c(N3C[C@H]4CC[C@@H](C3)N4C(=O)OC(C)(C)C)n1)CCN(C(=O)OCc1ccccc1)C2. The second-order valence-electron chi connectivity index (χ2n) is 11.1. The van der Waals surface area contributed by atoms with Crippen LogP contribution in [0.15, 0.2) is 35.5 Å². The van der Waals surface area contributed by atoms with Crippen LogP contribution in [0.1, 0.15) is 50.4 Å². The second-order valence-corrected chi connectivity index (χ2v) is 12.4. The molecule has 10 nitrogen and oxygen atoms in total. The Bertz CT molecular complexity index is 1170. The predicted molar refractivity (Wildman–Crippen MR) is 142 cm³/mol. The first-order valence-electron chi connectivity index (χ1n) is 13.0. The van der Waals surface area contributed by atoms with Gasteiger partial charge in [-0.3, -0.25) is 4.90 Å². The summed E-state index contributed by atoms with van der Waals surface area (Å²) in [6.07, 6.45) is 3.27. The third-order valence-electron chi connectivity index (χ3n) is 7.13. The molecule has 1 unspecified atom stereocenters. The molecule has 3 atom stereocenters. The Morgan fingerprint density at radius 2 is 1.76 bits per heavy atom. The molecule has 1 aromatic carbocycles. The number of hydrogen-bond acceptors (Lipinski definition) is 8. The summed E-state index contributed by atoms with van der Waals surface area (Å²) in [7, 11) is 0. The molecule has 3 aliphatic rings. The smallest absolute Gasteiger partial charge is 0.410 e. The minimum absolute atomic E-state index is 0.0258. The monoisotopic (exact) mass is 541 g/mol. The molecule has 0 saturated carbocycles. The van der Waals surface area contributed by atoms with E-state index in [1.807, 2.05) is 56.0 Å². The van der Waals surface area contributed by atoms with Crippen LogP contribution in [0.5, 0.6) is 0 Å². The molecule has 0 aliphatic carbocycles. The van der Waals surface area contributed by atoms with E-state index in [0.717, 1.165) is 29.8 Å². The molecule has 0 radical (unpaired) electrons. The molecule has 11 heteroatoms. The van der Waals surface area contributed by atoms with Gasteiger partial charge in [0, 0.05) is 36.4 Å². The molecule has 0 spiro atoms. The number of anilines is 1. The third-order valence-corrected chi connectivity index (χ3v) is 7.83. The fourth-order valence-corrected chi connectivity index (χ4v) is 5.89. The summed E-state index contributed by atoms with van der Waals surface area (Å²) >= 11 is -1.39. The van der Waals surface area contributed by atoms with Crippen molar-refractivity contribution in [1.29, 1.82) is 0 Å². The summed E-state index contributed by atoms with van der Waals surface area (Å²) in [4.78, 5) is 40.8. The molecule has 2 aromatic rings. The highest BCUT2D eigenvalue weighted by molar-refractivity contribution is 7.90. The summed E-state index contributed by atoms with van der Waals surface area (Å²) in [5, 5.41) is 0.250. The van der Waals surface area contributed by atoms with Gasteiger partial charge in [-0.15, -0.1) is 0 Å². The van der Waals surface area contributed by atoms with E-state index in [1.54, 1.807) is 11.2 Å². The molecule has 2 bridgehead atoms. The minimum atomic E-state index is -1.39. The number of rotatable bonds is 4. The number of benzene rings is 1. The van der Waals surface area contributed by atoms with Crippen molar-refractivity contribution in [3.8, 4) is 0 Å². The van der Waals surface area contributed by atoms with Crippen molar-refractivity contribution in [1.82, 2.24) is 19.8 Å². The molecular weight excluding hydrogens is 506 g/mol. The van der Waals surface area contributed by atoms with Gasteiger partial charge in [-0.05, 0) is 45.6 Å². The zero-order chi connectivity index (χ0) is 27.0. The lowest BCUT2D eigenvalue weighted by atomic mass is 10.0. The Morgan fingerprint density at radius 1 is 1.08 bits per heavy atom. The van der Waals surface area contributed by atoms with Crippen molar-refractivity contribution in [2.45, 2.75) is 76.0 Å². The average Bonchev–Trinajstić information content (AvgIpc) is 3.15. The van der Waals surface area contributed by atoms with E-state index in [9.17, 15) is 14.1 Å². The maximum Gasteiger partial charge on any atom is 0.410 e. The number of nitrogens with zero attached hydrogens (tertiary/aromatic N) is 5. The van der Waals surface area contributed by atoms with Crippen LogP contribution in [0.3, 0.4) is 0 Å². The quantitative estimate of drug-likeness (QED) is 0.427. The molecule has 2 fully saturated rings. The summed E-state index contributed by atoms with van der Waals surface area (Å²) in [6.45, 7) is 7.84. The Labute approximate surface area is 226 Å². The van der Waals surface area contributed by atoms with Gasteiger partial charge in [-0.1, -0.05) is 30.3 Å². The van der Waals surface area contributed by atoms with Crippen LogP contribution < -0.4 is 4.90 Å². The van der Waals surface area contributed by atoms with Gasteiger partial charge in [0.1, 0.15) is 24.3 Å². The lowest BCUT2D eigenvalue weighted by molar-refractivity contribution is 0.0122. The molecule has 3 aliphatic heterocycles. The van der Waals surface area contributed by atoms with E-state index in [0.29, 0.717) is 31.7 Å². The third kappa shape index (κ3) is 5.68. The van der Waals surface area contributed by atoms with Crippen molar-refractivity contribution in [3.05, 3.63) is 47.2 Å². The van der Waals surface area contributed by atoms with Gasteiger partial charge in [-0.25, -0.2) is 9.59 Å². The van der Waals surface area contributed by atoms with Gasteiger partial charge in [0.05, 0.1) is 24.3 Å². The van der Waals surface area contributed by atoms with E-state index in [2.05, 4.69) is 9.88 Å². The molecular formula is C27H35N5O5S. The maximum atomic E-state index is 12.9. The Morgan fingerprint density at radius 3 is 2.39 bits per heavy atom. The molecule has 38 heavy (non-hydrogen) atoms. The first kappa shape index (κ1) is 26.6. The van der Waals surface area contributed by atoms with Crippen LogP contribution in [0, 0.1) is 0 Å². The summed E-state index contributed by atoms with van der Waals surface area (Å²) in [5.41, 5.74) is 2.04. The lowest BCUT2D eigenvalue weighted by Crippen LogP contribution is -2.57. The Kier molecular flexibility index (Phi) is 7.41. The number of amides is 2. The molecule has 4 heterocycles. The van der Waals surface area contributed by atoms with Gasteiger partial charge in [-0.2, -0.15) is 9.97 Å². The van der Waals surface area contributed by atoms with E-state index in [4.69, 9.17) is 14.5 Å². The fourth-order valence-electron chi connectivity index (χ4n) is 5.43. The Hall–Kier alpha value is -3.05. The normalized spacial score (nSPS) is 21.7. The predicted octanol–water partition coefficient (Wildman–Crippen LogP) is 3.50. The second kappa shape index (κ2) is 10.6. The van der Waals surface area contributed by atoms with Crippen LogP contribution in [0.4, 0.5) is 15.4 Å². The first-order chi connectivity index (χ1) is 18.1. The lowest BCUT2D eigenvalue weighted by Gasteiger charge is -2.42. The van der Waals surface area contributed by atoms with Gasteiger partial charge in [0.15, 0.2) is 0 Å². The molecule has 2 saturated heterocycles. The number of carbonyl (C=O) groups excluding carboxylic acids is 2. The summed E-state index contributed by atoms with van der Waals surface area (Å²) in [5.74, 6) is 0.762. The van der Waals surface area contributed by atoms with Gasteiger partial charge < -0.3 is 23.8 Å². The number of hydrogen-bond donors (Lipinski definition) is 0. The van der Waals surface area contributed by atoms with Crippen molar-refractivity contribution >= 4 is 29.2 Å². The van der Waals surface area contributed by atoms with Crippen molar-refractivity contribution in [2.75, 3.05) is 30.8 Å². The minimum Gasteiger partial charge on any atom is -0.609 e. The van der Waals surface area contributed by atoms with Crippen LogP contribution in [-0.2, 0) is 40.2 Å². The number of aromatic nitrogens is 2. The number of carbonyl (C=O) groups is 2. The Balaban J connectivity index is 1.33. The van der Waals surface area contributed by atoms with Crippen molar-refractivity contribution in [3.63, 3.8) is 0 Å². The van der Waals surface area contributed by atoms with Crippen molar-refractivity contribution in [2.24, 2.45) is 0 Å². The zero-order valence-corrected chi connectivity index (χ0v) is 23.2. The summed E-state index contributed by atoms with van der Waals surface area (Å²) < 4.78 is 23.7. The van der Waals surface area contributed by atoms with E-state index in [-0.39, 0.29) is 36.5 Å². The van der Waals surface area contributed by atoms with Gasteiger partial charge in [0.2, 0.25) is 0 Å². The highest BCUT2D eigenvalue weighted by Crippen LogP contribution is 2.36. The van der Waals surface area contributed by atoms with Gasteiger partial charge >= 0.3 is 17.3 Å². The molecule has 204 valence electrons. The summed E-state index contributed by atoms with van der Waals surface area (Å²) in [6, 6.07) is 9.61. The molecule has 5 rings (SSSR count). The zero-order valence-electron chi connectivity index (χ0n) is 22.4. The van der Waals surface area contributed by atoms with Crippen LogP contribution >= 0.6 is 0 Å². The molecule has 1 aromatic heterocycles. The van der Waals surface area contributed by atoms with E-state index >= 15 is 0 Å². The largest absolute Gasteiger partial charge is 0.609 e. The highest BCUT2D eigenvalue weighted by Gasteiger charge is 2.45. The van der Waals surface area contributed by atoms with E-state index < -0.39 is 22.9 Å². The number of fused-ring (bicyclic) bond motifs is 3. The topological polar surface area (TPSA) is 111 Å². The highest BCUT2D eigenvalue weighted by atomic mass is 32.2. The van der Waals surface area contributed by atoms with Crippen LogP contribution in [-0.4, -0.2) is 80.1 Å². The van der Waals surface area contributed by atoms with E-state index in [1.165, 1.54) is 0 Å². The molecule has 2 amide bonds. The van der Waals surface area contributed by atoms with Crippen LogP contribution in [0.25, 0.3) is 0 Å².